The number of thioether (sulfide) groups is 1. The molecule has 6 rings (SSSR count). The Morgan fingerprint density at radius 2 is 1.42 bits per heavy atom. The minimum Gasteiger partial charge on any atom is -0.445 e. The number of nitrogens with two attached hydrogens (primary N) is 1. The molecule has 28 heteroatoms. The molecule has 0 radical (unpaired) electrons. The van der Waals surface area contributed by atoms with Gasteiger partial charge in [-0.25, -0.2) is 14.6 Å². The van der Waals surface area contributed by atoms with Crippen molar-refractivity contribution < 1.29 is 67.0 Å². The molecule has 2 unspecified atom stereocenters. The molecule has 2 aromatic carbocycles. The molecule has 12 amide bonds. The number of methoxy groups -OCH3 is 2. The highest BCUT2D eigenvalue weighted by Gasteiger charge is 2.45. The fourth-order valence-electron chi connectivity index (χ4n) is 14.1. The second kappa shape index (κ2) is 47.2. The maximum Gasteiger partial charge on any atom is 0.410 e. The van der Waals surface area contributed by atoms with Gasteiger partial charge in [0.05, 0.1) is 47.9 Å². The Hall–Kier alpha value is -9.51. The Balaban J connectivity index is 1.00. The SMILES string of the molecule is C=C(C)[C@@H](C(=O)N[C@H](C(=O)N(C)[C@@H]([C@@H](C)CC)[C@@H](CC(=O)N1CCC[C@H]1[C@H](OC)[C@@H](C)C(=O)N[C@@H](Cc1ccccc1)c1nccs1)OC)C(C)C)N(C)C(=O)OCc1ccc(NC(=O)[C@H](CCCNC(N)=O)NC(=O)[C@@H](NC(=O)CCCCCN2C(=O)CC(SC(C=C3C=C\C=C/C=C\C=C/C=C\3)CC)C2=O)C(C)C)cc1. The quantitative estimate of drug-likeness (QED) is 0.0157. The average molecular weight is 1600 g/mol. The fraction of sp³-hybridized carbons (Fsp3) is 0.529. The van der Waals surface area contributed by atoms with Crippen molar-refractivity contribution in [3.63, 3.8) is 0 Å². The highest BCUT2D eigenvalue weighted by molar-refractivity contribution is 8.01. The number of nitrogens with one attached hydrogen (secondary N) is 6. The van der Waals surface area contributed by atoms with Crippen LogP contribution in [0.3, 0.4) is 0 Å². The van der Waals surface area contributed by atoms with E-state index >= 15 is 0 Å². The number of carbonyl (C=O) groups is 11. The van der Waals surface area contributed by atoms with Gasteiger partial charge in [0, 0.05) is 83.3 Å². The molecule has 616 valence electrons. The minimum atomic E-state index is -1.28. The van der Waals surface area contributed by atoms with Crippen LogP contribution >= 0.6 is 23.1 Å². The van der Waals surface area contributed by atoms with Crippen LogP contribution in [0.5, 0.6) is 0 Å². The monoisotopic (exact) mass is 1600 g/mol. The van der Waals surface area contributed by atoms with Gasteiger partial charge in [0.2, 0.25) is 53.2 Å². The molecule has 8 N–H and O–H groups in total. The Labute approximate surface area is 675 Å². The van der Waals surface area contributed by atoms with Gasteiger partial charge in [-0.05, 0) is 110 Å². The van der Waals surface area contributed by atoms with Crippen molar-refractivity contribution in [1.29, 1.82) is 0 Å². The molecule has 0 spiro atoms. The van der Waals surface area contributed by atoms with Crippen LogP contribution < -0.4 is 37.6 Å². The third kappa shape index (κ3) is 28.5. The number of likely N-dealkylation sites (tertiary alicyclic amines) is 2. The second-order valence-corrected chi connectivity index (χ2v) is 32.2. The van der Waals surface area contributed by atoms with Crippen molar-refractivity contribution in [2.24, 2.45) is 29.4 Å². The molecule has 3 aromatic rings. The molecular weight excluding hydrogens is 1480 g/mol. The number of thiazole rings is 1. The summed E-state index contributed by atoms with van der Waals surface area (Å²) in [5, 5.41) is 19.2. The van der Waals surface area contributed by atoms with Crippen LogP contribution in [0, 0.1) is 23.7 Å². The first-order valence-corrected chi connectivity index (χ1v) is 41.1. The number of hydrogen-bond acceptors (Lipinski definition) is 17. The summed E-state index contributed by atoms with van der Waals surface area (Å²) in [5.41, 5.74) is 8.45. The molecule has 0 bridgehead atoms. The summed E-state index contributed by atoms with van der Waals surface area (Å²) < 4.78 is 17.9. The summed E-state index contributed by atoms with van der Waals surface area (Å²) in [5.74, 6) is -5.30. The summed E-state index contributed by atoms with van der Waals surface area (Å²) >= 11 is 2.96. The molecule has 1 aromatic heterocycles. The van der Waals surface area contributed by atoms with Crippen LogP contribution in [0.15, 0.2) is 151 Å². The van der Waals surface area contributed by atoms with Gasteiger partial charge < -0.3 is 61.6 Å². The van der Waals surface area contributed by atoms with Crippen molar-refractivity contribution in [3.05, 3.63) is 167 Å². The van der Waals surface area contributed by atoms with E-state index < -0.39 is 113 Å². The summed E-state index contributed by atoms with van der Waals surface area (Å²) in [6.07, 6.45) is 26.2. The normalized spacial score (nSPS) is 19.3. The number of hydrogen-bond donors (Lipinski definition) is 7. The van der Waals surface area contributed by atoms with Crippen LogP contribution in [0.25, 0.3) is 0 Å². The standard InChI is InChI=1S/C85H120N12O14S2/c1-15-57(9)75(67(109-13)51-70(99)96-47-32-38-66(96)76(110-14)58(10)77(101)91-65(81-87-45-48-112-81)50-60-35-27-23-28-36-60)94(11)83(106)73(55(5)6)93-80(104)74(56(7)8)95(12)85(108)111-53-61-40-42-62(43-41-61)89-78(102)64(37-31-44-88-84(86)107)90-79(103)72(54(3)4)92-69(98)39-29-24-30-46-97-71(100)52-68(82(97)105)113-63(16-2)49-59-33-25-21-19-17-18-20-22-26-34-59/h17-23,25-28,33-36,40-43,45,48-49,54-55,57-58,63-68,72-76H,7,15-16,24,29-32,37-39,44,46-47,50-53H2,1-6,8-14H3,(H,89,102)(H,90,103)(H,91,101)(H,92,98)(H,93,104)(H3,86,88,107)/b18-17-,21-19-,22-20-,33-25-,34-26?,59-49?/t57-,58+,63?,64-,65-,66-,67+,68?,72-,73-,74-,75-,76+/m0/s1. The van der Waals surface area contributed by atoms with Gasteiger partial charge in [0.15, 0.2) is 0 Å². The lowest BCUT2D eigenvalue weighted by molar-refractivity contribution is -0.147. The van der Waals surface area contributed by atoms with Gasteiger partial charge in [0.1, 0.15) is 35.8 Å². The maximum absolute atomic E-state index is 14.9. The number of aromatic nitrogens is 1. The molecular formula is C85H120N12O14S2. The highest BCUT2D eigenvalue weighted by atomic mass is 32.2. The van der Waals surface area contributed by atoms with E-state index in [0.29, 0.717) is 62.7 Å². The number of amides is 12. The van der Waals surface area contributed by atoms with Gasteiger partial charge in [0.25, 0.3) is 0 Å². The van der Waals surface area contributed by atoms with E-state index in [9.17, 15) is 52.7 Å². The van der Waals surface area contributed by atoms with Gasteiger partial charge in [-0.2, -0.15) is 0 Å². The predicted octanol–water partition coefficient (Wildman–Crippen LogP) is 10.8. The van der Waals surface area contributed by atoms with Crippen LogP contribution in [0.1, 0.15) is 162 Å². The van der Waals surface area contributed by atoms with Gasteiger partial charge in [-0.3, -0.25) is 53.0 Å². The minimum absolute atomic E-state index is 0.00281. The number of anilines is 1. The summed E-state index contributed by atoms with van der Waals surface area (Å²) in [6.45, 7) is 21.0. The van der Waals surface area contributed by atoms with Crippen molar-refractivity contribution in [3.8, 4) is 0 Å². The topological polar surface area (TPSA) is 340 Å². The number of primary amides is 1. The van der Waals surface area contributed by atoms with E-state index in [0.717, 1.165) is 27.5 Å². The summed E-state index contributed by atoms with van der Waals surface area (Å²) in [7, 11) is 6.08. The molecule has 2 fully saturated rings. The van der Waals surface area contributed by atoms with Crippen molar-refractivity contribution in [1.82, 2.24) is 51.2 Å². The van der Waals surface area contributed by atoms with Crippen LogP contribution in [-0.2, 0) is 70.4 Å². The number of imide groups is 1. The van der Waals surface area contributed by atoms with E-state index in [1.807, 2.05) is 117 Å². The van der Waals surface area contributed by atoms with Crippen LogP contribution in [0.2, 0.25) is 0 Å². The first-order valence-electron chi connectivity index (χ1n) is 39.3. The number of benzene rings is 2. The van der Waals surface area contributed by atoms with E-state index in [4.69, 9.17) is 19.9 Å². The Kier molecular flexibility index (Phi) is 38.6. The lowest BCUT2D eigenvalue weighted by Gasteiger charge is -2.41. The zero-order chi connectivity index (χ0) is 82.8. The van der Waals surface area contributed by atoms with E-state index in [1.165, 1.54) is 42.2 Å². The molecule has 1 aliphatic carbocycles. The lowest BCUT2D eigenvalue weighted by atomic mass is 9.89. The number of rotatable bonds is 43. The van der Waals surface area contributed by atoms with E-state index in [2.05, 4.69) is 56.5 Å². The lowest BCUT2D eigenvalue weighted by Crippen LogP contribution is -2.60. The number of ether oxygens (including phenoxy) is 3. The van der Waals surface area contributed by atoms with Crippen molar-refractivity contribution >= 4 is 94.1 Å². The second-order valence-electron chi connectivity index (χ2n) is 29.8. The number of urea groups is 1. The molecule has 2 saturated heterocycles. The van der Waals surface area contributed by atoms with Crippen molar-refractivity contribution in [2.75, 3.05) is 53.3 Å². The highest BCUT2D eigenvalue weighted by Crippen LogP contribution is 2.34. The number of carbonyl (C=O) groups excluding carboxylic acids is 11. The van der Waals surface area contributed by atoms with Gasteiger partial charge >= 0.3 is 12.1 Å². The molecule has 13 atom stereocenters. The number of unbranched alkanes of at least 4 members (excludes halogenated alkanes) is 2. The third-order valence-electron chi connectivity index (χ3n) is 20.6. The summed E-state index contributed by atoms with van der Waals surface area (Å²) in [6, 6.07) is 9.48. The zero-order valence-corrected chi connectivity index (χ0v) is 69.6. The van der Waals surface area contributed by atoms with Crippen LogP contribution in [0.4, 0.5) is 15.3 Å². The predicted molar refractivity (Wildman–Crippen MR) is 442 cm³/mol. The number of likely N-dealkylation sites (N-methyl/N-ethyl adjacent to an activating group) is 2. The average Bonchev–Trinajstić information content (AvgIpc) is 1.78. The molecule has 2 aliphatic heterocycles. The third-order valence-corrected chi connectivity index (χ3v) is 23.0. The van der Waals surface area contributed by atoms with E-state index in [-0.39, 0.29) is 98.2 Å². The number of nitrogens with zero attached hydrogens (tertiary/aromatic N) is 5. The molecule has 3 aliphatic rings. The largest absolute Gasteiger partial charge is 0.445 e. The molecule has 3 heterocycles. The van der Waals surface area contributed by atoms with Crippen LogP contribution in [-0.4, -0.2) is 197 Å². The number of allylic oxidation sites excluding steroid dienone is 11. The maximum atomic E-state index is 14.9. The fourth-order valence-corrected chi connectivity index (χ4v) is 16.2. The zero-order valence-electron chi connectivity index (χ0n) is 67.9. The van der Waals surface area contributed by atoms with Gasteiger partial charge in [-0.15, -0.1) is 23.1 Å². The smallest absolute Gasteiger partial charge is 0.410 e. The molecule has 0 saturated carbocycles. The Morgan fingerprint density at radius 3 is 2.01 bits per heavy atom. The first-order chi connectivity index (χ1) is 54.0. The Bertz CT molecular complexity index is 3830. The summed E-state index contributed by atoms with van der Waals surface area (Å²) in [4.78, 5) is 162. The van der Waals surface area contributed by atoms with Crippen molar-refractivity contribution in [2.45, 2.75) is 217 Å². The first kappa shape index (κ1) is 92.4. The van der Waals surface area contributed by atoms with E-state index in [1.54, 1.807) is 89.0 Å². The Morgan fingerprint density at radius 1 is 0.752 bits per heavy atom. The molecule has 26 nitrogen and oxygen atoms in total. The molecule has 113 heavy (non-hydrogen) atoms. The van der Waals surface area contributed by atoms with Gasteiger partial charge in [-0.1, -0.05) is 184 Å².